The summed E-state index contributed by atoms with van der Waals surface area (Å²) in [6.45, 7) is 14.5. The second kappa shape index (κ2) is 23.4. The minimum absolute atomic E-state index is 0.0288. The molecular weight excluding hydrogens is 958 g/mol. The Morgan fingerprint density at radius 1 is 1.01 bits per heavy atom. The van der Waals surface area contributed by atoms with Gasteiger partial charge in [0.15, 0.2) is 0 Å². The molecule has 16 nitrogen and oxygen atoms in total. The lowest BCUT2D eigenvalue weighted by molar-refractivity contribution is -0.154. The smallest absolute Gasteiger partial charge is 0.384 e. The minimum atomic E-state index is -4.56. The lowest BCUT2D eigenvalue weighted by atomic mass is 9.84. The molecule has 1 spiro atoms. The van der Waals surface area contributed by atoms with Crippen LogP contribution >= 0.6 is 0 Å². The van der Waals surface area contributed by atoms with Crippen molar-refractivity contribution in [1.29, 1.82) is 0 Å². The number of aliphatic hydroxyl groups excluding tert-OH is 1. The summed E-state index contributed by atoms with van der Waals surface area (Å²) >= 11 is 0. The number of halogens is 3. The fraction of sp³-hybridized carbons (Fsp3) is 0.545. The molecule has 5 heterocycles. The van der Waals surface area contributed by atoms with E-state index in [0.29, 0.717) is 123 Å². The molecule has 0 aliphatic carbocycles. The highest BCUT2D eigenvalue weighted by Gasteiger charge is 2.44. The topological polar surface area (TPSA) is 171 Å². The number of benzene rings is 2. The average Bonchev–Trinajstić information content (AvgIpc) is 3.64. The molecule has 0 saturated carbocycles. The third kappa shape index (κ3) is 12.8. The van der Waals surface area contributed by atoms with Crippen LogP contribution in [-0.4, -0.2) is 155 Å². The largest absolute Gasteiger partial charge is 0.406 e. The monoisotopic (exact) mass is 1030 g/mol. The number of fused-ring (bicyclic) bond motifs is 1. The first kappa shape index (κ1) is 55.9. The summed E-state index contributed by atoms with van der Waals surface area (Å²) in [6.07, 6.45) is -0.784. The maximum absolute atomic E-state index is 14.7. The van der Waals surface area contributed by atoms with E-state index in [-0.39, 0.29) is 24.3 Å². The molecule has 0 radical (unpaired) electrons. The highest BCUT2D eigenvalue weighted by atomic mass is 19.4. The molecule has 0 unspecified atom stereocenters. The predicted octanol–water partition coefficient (Wildman–Crippen LogP) is 7.28. The number of aliphatic hydroxyl groups is 1. The van der Waals surface area contributed by atoms with E-state index in [9.17, 15) is 37.5 Å². The Bertz CT molecular complexity index is 2670. The number of nitrogens with zero attached hydrogens (tertiary/aromatic N) is 6. The zero-order chi connectivity index (χ0) is 53.7. The molecule has 7 rings (SSSR count). The molecule has 2 aromatic heterocycles. The summed E-state index contributed by atoms with van der Waals surface area (Å²) in [5.74, 6) is -1.54. The van der Waals surface area contributed by atoms with Crippen LogP contribution in [0.25, 0.3) is 33.3 Å². The molecule has 3 aliphatic rings. The maximum atomic E-state index is 14.7. The zero-order valence-corrected chi connectivity index (χ0v) is 44.0. The molecule has 0 bridgehead atoms. The summed E-state index contributed by atoms with van der Waals surface area (Å²) in [5.41, 5.74) is 6.41. The Kier molecular flexibility index (Phi) is 17.6. The number of pyridine rings is 1. The van der Waals surface area contributed by atoms with Gasteiger partial charge >= 0.3 is 12.2 Å². The number of rotatable bonds is 17. The van der Waals surface area contributed by atoms with E-state index < -0.39 is 60.0 Å². The van der Waals surface area contributed by atoms with Crippen molar-refractivity contribution in [1.82, 2.24) is 40.0 Å². The molecular formula is C55H73F3N8O8. The van der Waals surface area contributed by atoms with E-state index in [1.54, 1.807) is 54.4 Å². The Morgan fingerprint density at radius 3 is 2.41 bits per heavy atom. The molecule has 3 fully saturated rings. The van der Waals surface area contributed by atoms with Crippen molar-refractivity contribution in [3.63, 3.8) is 0 Å². The van der Waals surface area contributed by atoms with Crippen LogP contribution in [0.4, 0.5) is 18.0 Å². The number of carbonyl (C=O) groups is 4. The van der Waals surface area contributed by atoms with E-state index in [1.807, 2.05) is 65.0 Å². The molecule has 5 amide bonds. The van der Waals surface area contributed by atoms with Crippen LogP contribution in [0.5, 0.6) is 0 Å². The van der Waals surface area contributed by atoms with E-state index in [0.717, 1.165) is 5.56 Å². The Hall–Kier alpha value is -5.86. The van der Waals surface area contributed by atoms with Crippen molar-refractivity contribution < 1.29 is 51.7 Å². The summed E-state index contributed by atoms with van der Waals surface area (Å²) in [5, 5.41) is 15.5. The van der Waals surface area contributed by atoms with Crippen molar-refractivity contribution in [3.05, 3.63) is 90.3 Å². The lowest BCUT2D eigenvalue weighted by Crippen LogP contribution is -2.62. The number of alkyl halides is 3. The molecule has 19 heteroatoms. The lowest BCUT2D eigenvalue weighted by Gasteiger charge is -2.47. The summed E-state index contributed by atoms with van der Waals surface area (Å²) in [7, 11) is 4.71. The first-order valence-corrected chi connectivity index (χ1v) is 25.5. The van der Waals surface area contributed by atoms with Gasteiger partial charge < -0.3 is 43.9 Å². The normalized spacial score (nSPS) is 18.6. The van der Waals surface area contributed by atoms with E-state index >= 15 is 0 Å². The van der Waals surface area contributed by atoms with Gasteiger partial charge in [0.1, 0.15) is 24.9 Å². The zero-order valence-electron chi connectivity index (χ0n) is 44.0. The molecule has 2 aromatic carbocycles. The van der Waals surface area contributed by atoms with Gasteiger partial charge in [-0.1, -0.05) is 64.6 Å². The van der Waals surface area contributed by atoms with Crippen molar-refractivity contribution >= 4 is 34.7 Å². The molecule has 4 atom stereocenters. The summed E-state index contributed by atoms with van der Waals surface area (Å²) in [4.78, 5) is 65.1. The van der Waals surface area contributed by atoms with Gasteiger partial charge in [-0.15, -0.1) is 0 Å². The number of hydrogen-bond donors (Lipinski definition) is 3. The van der Waals surface area contributed by atoms with Gasteiger partial charge in [0.05, 0.1) is 42.9 Å². The van der Waals surface area contributed by atoms with Gasteiger partial charge in [-0.05, 0) is 103 Å². The second-order valence-electron chi connectivity index (χ2n) is 21.2. The molecule has 74 heavy (non-hydrogen) atoms. The van der Waals surface area contributed by atoms with Crippen molar-refractivity contribution in [3.8, 4) is 22.4 Å². The summed E-state index contributed by atoms with van der Waals surface area (Å²) < 4.78 is 62.8. The number of hydrazine groups is 1. The minimum Gasteiger partial charge on any atom is -0.384 e. The van der Waals surface area contributed by atoms with Crippen LogP contribution in [0.15, 0.2) is 73.4 Å². The van der Waals surface area contributed by atoms with Crippen LogP contribution in [-0.2, 0) is 48.0 Å². The van der Waals surface area contributed by atoms with Crippen molar-refractivity contribution in [2.45, 2.75) is 116 Å². The summed E-state index contributed by atoms with van der Waals surface area (Å²) in [6, 6.07) is 13.9. The Balaban J connectivity index is 1.20. The maximum Gasteiger partial charge on any atom is 0.406 e. The Morgan fingerprint density at radius 2 is 1.74 bits per heavy atom. The van der Waals surface area contributed by atoms with Crippen LogP contribution in [0.3, 0.4) is 0 Å². The van der Waals surface area contributed by atoms with Crippen LogP contribution in [0.2, 0.25) is 0 Å². The quantitative estimate of drug-likeness (QED) is 0.0914. The number of aromatic nitrogens is 2. The van der Waals surface area contributed by atoms with Gasteiger partial charge in [0.25, 0.3) is 5.91 Å². The van der Waals surface area contributed by atoms with E-state index in [4.69, 9.17) is 14.2 Å². The standard InChI is InChI=1S/C55H73F3N8O8/c1-10-46(68)64-26-27-74-54(32-64)20-24-63(25-21-54)52(71)62(7)48(35(2)3)50(69)60-43(51(70)66-23-13-17-45(67)61-66)29-37-14-11-15-38(28-37)39-18-19-44-41(30-39)42(31-53(5,6)34-72-8)49(65(44)33-55(56,57)58)40-16-12-22-59-47(40)36(4)73-9/h10-12,14-16,18-19,22,28,30,35-36,43,45,48,61,67H,1,13,17,20-21,23-27,29,31-34H2,2-9H3,(H,60,69)/t36-,43-,45+,48-/m0/s1. The molecule has 3 aliphatic heterocycles. The van der Waals surface area contributed by atoms with Gasteiger partial charge in [-0.25, -0.2) is 10.2 Å². The van der Waals surface area contributed by atoms with Crippen LogP contribution in [0, 0.1) is 11.3 Å². The number of ether oxygens (including phenoxy) is 3. The number of likely N-dealkylation sites (tertiary alicyclic amines) is 1. The highest BCUT2D eigenvalue weighted by molar-refractivity contribution is 5.96. The number of carbonyl (C=O) groups excluding carboxylic acids is 4. The first-order chi connectivity index (χ1) is 35.1. The number of likely N-dealkylation sites (N-methyl/N-ethyl adjacent to an activating group) is 1. The fourth-order valence-electron chi connectivity index (χ4n) is 10.9. The van der Waals surface area contributed by atoms with Crippen molar-refractivity contribution in [2.75, 3.05) is 67.2 Å². The van der Waals surface area contributed by atoms with Gasteiger partial charge in [0, 0.05) is 76.5 Å². The third-order valence-electron chi connectivity index (χ3n) is 14.6. The number of piperidine rings is 1. The SMILES string of the molecule is C=CC(=O)N1CCOC2(CCN(C(=O)N(C)[C@H](C(=O)N[C@@H](Cc3cccc(-c4ccc5c(c4)c(CC(C)(C)COC)c(-c4cccnc4[C@H](C)OC)n5CC(F)(F)F)c3)C(=O)N3CCC[C@@H](O)N3)C(C)C)CC2)C1. The first-order valence-electron chi connectivity index (χ1n) is 25.5. The number of nitrogens with one attached hydrogen (secondary N) is 2. The molecule has 3 saturated heterocycles. The number of hydrogen-bond acceptors (Lipinski definition) is 10. The van der Waals surface area contributed by atoms with Crippen LogP contribution in [0.1, 0.15) is 83.2 Å². The number of urea groups is 1. The fourth-order valence-corrected chi connectivity index (χ4v) is 10.9. The second-order valence-corrected chi connectivity index (χ2v) is 21.2. The van der Waals surface area contributed by atoms with Gasteiger partial charge in [-0.3, -0.25) is 24.4 Å². The molecule has 402 valence electrons. The van der Waals surface area contributed by atoms with E-state index in [1.165, 1.54) is 27.7 Å². The van der Waals surface area contributed by atoms with Crippen molar-refractivity contribution in [2.24, 2.45) is 11.3 Å². The van der Waals surface area contributed by atoms with Gasteiger partial charge in [-0.2, -0.15) is 13.2 Å². The predicted molar refractivity (Wildman–Crippen MR) is 275 cm³/mol. The number of methoxy groups -OCH3 is 2. The molecule has 3 N–H and O–H groups in total. The van der Waals surface area contributed by atoms with E-state index in [2.05, 4.69) is 22.3 Å². The van der Waals surface area contributed by atoms with Gasteiger partial charge in [0.2, 0.25) is 11.8 Å². The molecule has 4 aromatic rings. The average molecular weight is 1030 g/mol. The third-order valence-corrected chi connectivity index (χ3v) is 14.6. The highest BCUT2D eigenvalue weighted by Crippen LogP contribution is 2.43. The number of amides is 5. The number of morpholine rings is 1. The van der Waals surface area contributed by atoms with Crippen LogP contribution < -0.4 is 10.7 Å². The Labute approximate surface area is 432 Å².